The molecule has 5 nitrogen and oxygen atoms in total. The molecule has 0 radical (unpaired) electrons. The van der Waals surface area contributed by atoms with E-state index in [0.717, 1.165) is 16.3 Å². The van der Waals surface area contributed by atoms with Gasteiger partial charge in [0, 0.05) is 21.8 Å². The zero-order valence-electron chi connectivity index (χ0n) is 16.6. The van der Waals surface area contributed by atoms with Gasteiger partial charge in [-0.1, -0.05) is 18.2 Å². The highest BCUT2D eigenvalue weighted by atomic mass is 32.2. The van der Waals surface area contributed by atoms with Crippen molar-refractivity contribution >= 4 is 57.8 Å². The van der Waals surface area contributed by atoms with Gasteiger partial charge < -0.3 is 16.0 Å². The number of halogens is 1. The highest BCUT2D eigenvalue weighted by Crippen LogP contribution is 2.22. The van der Waals surface area contributed by atoms with Gasteiger partial charge in [0.2, 0.25) is 5.91 Å². The van der Waals surface area contributed by atoms with E-state index in [2.05, 4.69) is 16.0 Å². The summed E-state index contributed by atoms with van der Waals surface area (Å²) in [5, 5.41) is 9.12. The van der Waals surface area contributed by atoms with Crippen LogP contribution in [-0.4, -0.2) is 22.6 Å². The van der Waals surface area contributed by atoms with Crippen molar-refractivity contribution in [1.29, 1.82) is 0 Å². The van der Waals surface area contributed by atoms with Gasteiger partial charge in [-0.2, -0.15) is 0 Å². The Balaban J connectivity index is 1.52. The number of hydrogen-bond acceptors (Lipinski definition) is 4. The van der Waals surface area contributed by atoms with E-state index in [1.807, 2.05) is 24.3 Å². The van der Waals surface area contributed by atoms with E-state index >= 15 is 0 Å². The first-order valence-corrected chi connectivity index (χ1v) is 10.8. The van der Waals surface area contributed by atoms with Gasteiger partial charge in [0.15, 0.2) is 10.9 Å². The molecule has 3 N–H and O–H groups in total. The minimum Gasteiger partial charge on any atom is -0.332 e. The molecule has 0 saturated heterocycles. The Labute approximate surface area is 189 Å². The summed E-state index contributed by atoms with van der Waals surface area (Å²) in [6.07, 6.45) is 0. The maximum Gasteiger partial charge on any atom is 0.234 e. The fourth-order valence-electron chi connectivity index (χ4n) is 2.64. The van der Waals surface area contributed by atoms with Crippen LogP contribution in [0.15, 0.2) is 77.7 Å². The summed E-state index contributed by atoms with van der Waals surface area (Å²) in [4.78, 5) is 24.3. The maximum atomic E-state index is 13.6. The predicted octanol–water partition coefficient (Wildman–Crippen LogP) is 5.57. The average Bonchev–Trinajstić information content (AvgIpc) is 2.74. The molecule has 8 heteroatoms. The van der Waals surface area contributed by atoms with Gasteiger partial charge in [-0.15, -0.1) is 11.8 Å². The number of carbonyl (C=O) groups excluding carboxylic acids is 2. The lowest BCUT2D eigenvalue weighted by Gasteiger charge is -2.12. The zero-order valence-corrected chi connectivity index (χ0v) is 18.3. The summed E-state index contributed by atoms with van der Waals surface area (Å²) in [6, 6.07) is 20.5. The lowest BCUT2D eigenvalue weighted by atomic mass is 10.1. The summed E-state index contributed by atoms with van der Waals surface area (Å²) in [6.45, 7) is 1.52. The molecule has 0 atom stereocenters. The van der Waals surface area contributed by atoms with Crippen molar-refractivity contribution in [2.24, 2.45) is 0 Å². The molecule has 0 heterocycles. The van der Waals surface area contributed by atoms with Gasteiger partial charge in [-0.25, -0.2) is 4.39 Å². The Morgan fingerprint density at radius 3 is 2.32 bits per heavy atom. The van der Waals surface area contributed by atoms with Crippen molar-refractivity contribution in [2.75, 3.05) is 21.7 Å². The quantitative estimate of drug-likeness (QED) is 0.247. The van der Waals surface area contributed by atoms with Gasteiger partial charge in [-0.05, 0) is 73.7 Å². The van der Waals surface area contributed by atoms with Crippen LogP contribution in [0.2, 0.25) is 0 Å². The molecule has 31 heavy (non-hydrogen) atoms. The summed E-state index contributed by atoms with van der Waals surface area (Å²) in [5.41, 5.74) is 2.32. The number of amides is 1. The van der Waals surface area contributed by atoms with E-state index in [1.54, 1.807) is 36.4 Å². The topological polar surface area (TPSA) is 70.2 Å². The Morgan fingerprint density at radius 1 is 0.903 bits per heavy atom. The number of carbonyl (C=O) groups is 2. The molecule has 0 spiro atoms. The number of Topliss-reactive ketones (excluding diaryl/α,β-unsaturated/α-hetero) is 1. The van der Waals surface area contributed by atoms with Gasteiger partial charge >= 0.3 is 0 Å². The maximum absolute atomic E-state index is 13.6. The number of ketones is 1. The number of benzene rings is 3. The molecule has 0 aliphatic heterocycles. The number of hydrogen-bond donors (Lipinski definition) is 3. The van der Waals surface area contributed by atoms with Crippen molar-refractivity contribution in [3.63, 3.8) is 0 Å². The highest BCUT2D eigenvalue weighted by Gasteiger charge is 2.08. The fraction of sp³-hybridized carbons (Fsp3) is 0.0870. The number of rotatable bonds is 7. The molecule has 0 bridgehead atoms. The third-order valence-electron chi connectivity index (χ3n) is 4.16. The van der Waals surface area contributed by atoms with Crippen molar-refractivity contribution < 1.29 is 14.0 Å². The molecule has 0 saturated carbocycles. The summed E-state index contributed by atoms with van der Waals surface area (Å²) < 4.78 is 13.6. The van der Waals surface area contributed by atoms with Crippen LogP contribution < -0.4 is 16.0 Å². The van der Waals surface area contributed by atoms with E-state index in [9.17, 15) is 14.0 Å². The van der Waals surface area contributed by atoms with Crippen molar-refractivity contribution in [2.45, 2.75) is 11.8 Å². The number of thioether (sulfide) groups is 1. The standard InChI is InChI=1S/C23H20FN3O2S2/c1-15(28)16-9-11-17(12-10-16)25-23(30)26-18-5-4-6-19(13-18)31-14-22(29)27-21-8-3-2-7-20(21)24/h2-13H,14H2,1H3,(H,27,29)(H2,25,26,30). The number of para-hydroxylation sites is 1. The largest absolute Gasteiger partial charge is 0.332 e. The van der Waals surface area contributed by atoms with E-state index in [0.29, 0.717) is 10.7 Å². The van der Waals surface area contributed by atoms with E-state index in [1.165, 1.54) is 30.8 Å². The first kappa shape index (κ1) is 22.5. The van der Waals surface area contributed by atoms with E-state index < -0.39 is 5.82 Å². The predicted molar refractivity (Wildman–Crippen MR) is 128 cm³/mol. The van der Waals surface area contributed by atoms with Crippen LogP contribution in [0.4, 0.5) is 21.5 Å². The summed E-state index contributed by atoms with van der Waals surface area (Å²) >= 11 is 6.67. The van der Waals surface area contributed by atoms with Crippen LogP contribution in [0.25, 0.3) is 0 Å². The Bertz CT molecular complexity index is 1100. The number of anilines is 3. The Kier molecular flexibility index (Phi) is 7.75. The van der Waals surface area contributed by atoms with Gasteiger partial charge in [0.25, 0.3) is 0 Å². The van der Waals surface area contributed by atoms with Crippen LogP contribution in [-0.2, 0) is 4.79 Å². The first-order chi connectivity index (χ1) is 14.9. The normalized spacial score (nSPS) is 10.3. The Morgan fingerprint density at radius 2 is 1.61 bits per heavy atom. The highest BCUT2D eigenvalue weighted by molar-refractivity contribution is 8.00. The second-order valence-electron chi connectivity index (χ2n) is 6.56. The molecule has 3 aromatic rings. The van der Waals surface area contributed by atoms with Crippen LogP contribution in [0, 0.1) is 5.82 Å². The molecule has 3 aromatic carbocycles. The first-order valence-electron chi connectivity index (χ1n) is 9.37. The lowest BCUT2D eigenvalue weighted by molar-refractivity contribution is -0.113. The lowest BCUT2D eigenvalue weighted by Crippen LogP contribution is -2.19. The van der Waals surface area contributed by atoms with E-state index in [4.69, 9.17) is 12.2 Å². The number of thiocarbonyl (C=S) groups is 1. The van der Waals surface area contributed by atoms with Gasteiger partial charge in [-0.3, -0.25) is 9.59 Å². The second kappa shape index (κ2) is 10.7. The van der Waals surface area contributed by atoms with Crippen LogP contribution in [0.3, 0.4) is 0 Å². The third-order valence-corrected chi connectivity index (χ3v) is 5.36. The van der Waals surface area contributed by atoms with Crippen molar-refractivity contribution in [3.8, 4) is 0 Å². The molecule has 0 aromatic heterocycles. The second-order valence-corrected chi connectivity index (χ2v) is 8.01. The monoisotopic (exact) mass is 453 g/mol. The van der Waals surface area contributed by atoms with Gasteiger partial charge in [0.05, 0.1) is 11.4 Å². The molecule has 158 valence electrons. The average molecular weight is 454 g/mol. The third kappa shape index (κ3) is 6.91. The molecule has 0 unspecified atom stereocenters. The van der Waals surface area contributed by atoms with Crippen molar-refractivity contribution in [3.05, 3.63) is 84.2 Å². The van der Waals surface area contributed by atoms with E-state index in [-0.39, 0.29) is 23.1 Å². The molecule has 3 rings (SSSR count). The molecule has 0 aliphatic carbocycles. The van der Waals surface area contributed by atoms with Crippen LogP contribution in [0.5, 0.6) is 0 Å². The molecular formula is C23H20FN3O2S2. The minimum absolute atomic E-state index is 0.00384. The summed E-state index contributed by atoms with van der Waals surface area (Å²) in [7, 11) is 0. The SMILES string of the molecule is CC(=O)c1ccc(NC(=S)Nc2cccc(SCC(=O)Nc3ccccc3F)c2)cc1. The molecular weight excluding hydrogens is 433 g/mol. The van der Waals surface area contributed by atoms with Crippen LogP contribution >= 0.6 is 24.0 Å². The Hall–Kier alpha value is -3.23. The molecule has 0 fully saturated rings. The fourth-order valence-corrected chi connectivity index (χ4v) is 3.63. The van der Waals surface area contributed by atoms with Crippen molar-refractivity contribution in [1.82, 2.24) is 0 Å². The van der Waals surface area contributed by atoms with Gasteiger partial charge in [0.1, 0.15) is 5.82 Å². The minimum atomic E-state index is -0.469. The smallest absolute Gasteiger partial charge is 0.234 e. The number of nitrogens with one attached hydrogen (secondary N) is 3. The van der Waals surface area contributed by atoms with Crippen LogP contribution in [0.1, 0.15) is 17.3 Å². The molecule has 1 amide bonds. The summed E-state index contributed by atoms with van der Waals surface area (Å²) in [5.74, 6) is -0.615. The zero-order chi connectivity index (χ0) is 22.2. The molecule has 0 aliphatic rings.